The molecule has 0 aliphatic carbocycles. The number of hydrogen-bond donors (Lipinski definition) is 1. The highest BCUT2D eigenvalue weighted by atomic mass is 32.2. The minimum atomic E-state index is -5.16. The minimum absolute atomic E-state index is 0.0113. The van der Waals surface area contributed by atoms with Crippen LogP contribution in [0.2, 0.25) is 0 Å². The number of methoxy groups -OCH3 is 3. The zero-order valence-corrected chi connectivity index (χ0v) is 26.7. The van der Waals surface area contributed by atoms with Gasteiger partial charge in [-0.15, -0.1) is 13.2 Å². The number of ether oxygens (including phenoxy) is 4. The van der Waals surface area contributed by atoms with Crippen molar-refractivity contribution in [3.63, 3.8) is 0 Å². The lowest BCUT2D eigenvalue weighted by Gasteiger charge is -2.48. The van der Waals surface area contributed by atoms with Crippen LogP contribution < -0.4 is 28.6 Å². The van der Waals surface area contributed by atoms with Gasteiger partial charge in [0, 0.05) is 19.5 Å². The van der Waals surface area contributed by atoms with Gasteiger partial charge >= 0.3 is 12.3 Å². The molecule has 47 heavy (non-hydrogen) atoms. The molecule has 0 aromatic heterocycles. The molecule has 4 atom stereocenters. The number of para-hydroxylation sites is 1. The molecule has 5 rings (SSSR count). The summed E-state index contributed by atoms with van der Waals surface area (Å²) < 4.78 is 105. The number of anilines is 1. The standard InChI is InChI=1S/C31H31F4N3O8S/c1-36-28(39)24-14-18(32)17-38(24,2)30(21-8-6-7-9-25(21)44-4)22-15-20(46-31(33,34)35)10-12-23(22)37(29(30)40)47(41,42)27-13-11-19(43-3)16-26(27)45-5/h6-13,15-16,18,24H,14,17H2,1-5H3/p+1/t18-,24+,30?,38?/m1/s1. The molecule has 3 aromatic rings. The van der Waals surface area contributed by atoms with Crippen LogP contribution in [0.4, 0.5) is 23.2 Å². The quantitative estimate of drug-likeness (QED) is 0.267. The summed E-state index contributed by atoms with van der Waals surface area (Å²) in [5.41, 5.74) is -3.00. The maximum atomic E-state index is 15.6. The number of halogens is 4. The van der Waals surface area contributed by atoms with E-state index in [2.05, 4.69) is 10.1 Å². The van der Waals surface area contributed by atoms with Gasteiger partial charge in [-0.2, -0.15) is 4.31 Å². The van der Waals surface area contributed by atoms with Crippen molar-refractivity contribution < 1.29 is 59.0 Å². The smallest absolute Gasteiger partial charge is 0.497 e. The first kappa shape index (κ1) is 33.8. The van der Waals surface area contributed by atoms with Crippen LogP contribution in [-0.4, -0.2) is 85.3 Å². The molecular formula is C31H32F4N3O8S+. The van der Waals surface area contributed by atoms with Gasteiger partial charge in [-0.25, -0.2) is 12.8 Å². The number of carbonyl (C=O) groups is 2. The number of rotatable bonds is 9. The van der Waals surface area contributed by atoms with Gasteiger partial charge in [0.05, 0.1) is 45.2 Å². The highest BCUT2D eigenvalue weighted by molar-refractivity contribution is 7.93. The van der Waals surface area contributed by atoms with E-state index in [1.165, 1.54) is 65.8 Å². The Hall–Kier alpha value is -4.57. The molecular weight excluding hydrogens is 650 g/mol. The number of fused-ring (bicyclic) bond motifs is 1. The Morgan fingerprint density at radius 2 is 1.62 bits per heavy atom. The van der Waals surface area contributed by atoms with Crippen molar-refractivity contribution in [1.82, 2.24) is 5.32 Å². The molecule has 1 fully saturated rings. The van der Waals surface area contributed by atoms with Crippen molar-refractivity contribution >= 4 is 27.5 Å². The summed E-state index contributed by atoms with van der Waals surface area (Å²) in [5, 5.41) is 2.48. The Labute approximate surface area is 268 Å². The number of benzene rings is 3. The van der Waals surface area contributed by atoms with Crippen LogP contribution in [0, 0.1) is 0 Å². The van der Waals surface area contributed by atoms with Gasteiger partial charge in [0.25, 0.3) is 15.9 Å². The predicted octanol–water partition coefficient (Wildman–Crippen LogP) is 3.89. The van der Waals surface area contributed by atoms with E-state index in [0.717, 1.165) is 24.3 Å². The van der Waals surface area contributed by atoms with Crippen LogP contribution in [0.5, 0.6) is 23.0 Å². The fourth-order valence-corrected chi connectivity index (χ4v) is 8.44. The molecule has 0 saturated carbocycles. The molecule has 11 nitrogen and oxygen atoms in total. The maximum Gasteiger partial charge on any atom is 0.573 e. The lowest BCUT2D eigenvalue weighted by molar-refractivity contribution is -0.953. The van der Waals surface area contributed by atoms with Crippen LogP contribution >= 0.6 is 0 Å². The zero-order valence-electron chi connectivity index (χ0n) is 25.9. The lowest BCUT2D eigenvalue weighted by Crippen LogP contribution is -2.69. The number of sulfonamides is 1. The van der Waals surface area contributed by atoms with E-state index in [4.69, 9.17) is 14.2 Å². The number of nitrogens with zero attached hydrogens (tertiary/aromatic N) is 2. The molecule has 0 spiro atoms. The average molecular weight is 683 g/mol. The molecule has 252 valence electrons. The summed E-state index contributed by atoms with van der Waals surface area (Å²) in [6.07, 6.45) is -7.19. The third kappa shape index (κ3) is 5.19. The van der Waals surface area contributed by atoms with E-state index in [9.17, 15) is 26.4 Å². The van der Waals surface area contributed by atoms with E-state index in [1.54, 1.807) is 6.07 Å². The van der Waals surface area contributed by atoms with Crippen molar-refractivity contribution in [1.29, 1.82) is 0 Å². The van der Waals surface area contributed by atoms with E-state index in [1.807, 2.05) is 0 Å². The molecule has 16 heteroatoms. The Bertz CT molecular complexity index is 1840. The van der Waals surface area contributed by atoms with Gasteiger partial charge in [-0.3, -0.25) is 14.1 Å². The number of hydrogen-bond acceptors (Lipinski definition) is 8. The van der Waals surface area contributed by atoms with E-state index < -0.39 is 67.6 Å². The van der Waals surface area contributed by atoms with Crippen molar-refractivity contribution in [3.8, 4) is 23.0 Å². The first-order valence-electron chi connectivity index (χ1n) is 14.2. The number of carbonyl (C=O) groups excluding carboxylic acids is 2. The molecule has 2 unspecified atom stereocenters. The van der Waals surface area contributed by atoms with Gasteiger partial charge in [0.15, 0.2) is 12.2 Å². The summed E-state index contributed by atoms with van der Waals surface area (Å²) in [4.78, 5) is 28.3. The third-order valence-corrected chi connectivity index (χ3v) is 10.5. The van der Waals surface area contributed by atoms with Crippen molar-refractivity contribution in [3.05, 3.63) is 71.8 Å². The summed E-state index contributed by atoms with van der Waals surface area (Å²) in [7, 11) is 1.63. The first-order chi connectivity index (χ1) is 22.1. The lowest BCUT2D eigenvalue weighted by atomic mass is 9.78. The Morgan fingerprint density at radius 1 is 0.957 bits per heavy atom. The van der Waals surface area contributed by atoms with Gasteiger partial charge in [-0.05, 0) is 42.5 Å². The molecule has 0 bridgehead atoms. The average Bonchev–Trinajstić information content (AvgIpc) is 3.49. The number of quaternary nitrogens is 1. The molecule has 2 aliphatic heterocycles. The van der Waals surface area contributed by atoms with Crippen LogP contribution in [0.3, 0.4) is 0 Å². The molecule has 0 radical (unpaired) electrons. The highest BCUT2D eigenvalue weighted by Crippen LogP contribution is 2.58. The van der Waals surface area contributed by atoms with Gasteiger partial charge in [0.1, 0.15) is 34.4 Å². The zero-order chi connectivity index (χ0) is 34.5. The van der Waals surface area contributed by atoms with Gasteiger partial charge in [-0.1, -0.05) is 12.1 Å². The fourth-order valence-electron chi connectivity index (χ4n) is 6.84. The second-order valence-electron chi connectivity index (χ2n) is 11.1. The summed E-state index contributed by atoms with van der Waals surface area (Å²) in [6.45, 7) is -0.495. The number of amides is 2. The second kappa shape index (κ2) is 11.9. The largest absolute Gasteiger partial charge is 0.573 e. The Morgan fingerprint density at radius 3 is 2.23 bits per heavy atom. The van der Waals surface area contributed by atoms with E-state index in [0.29, 0.717) is 4.31 Å². The van der Waals surface area contributed by atoms with Crippen LogP contribution in [0.15, 0.2) is 65.6 Å². The summed E-state index contributed by atoms with van der Waals surface area (Å²) in [5.74, 6) is -2.55. The first-order valence-corrected chi connectivity index (χ1v) is 15.6. The van der Waals surface area contributed by atoms with Gasteiger partial charge < -0.3 is 24.3 Å². The molecule has 3 aromatic carbocycles. The molecule has 1 saturated heterocycles. The summed E-state index contributed by atoms with van der Waals surface area (Å²) in [6, 6.07) is 11.2. The highest BCUT2D eigenvalue weighted by Gasteiger charge is 2.72. The fraction of sp³-hybridized carbons (Fsp3) is 0.355. The van der Waals surface area contributed by atoms with Crippen molar-refractivity contribution in [2.24, 2.45) is 0 Å². The number of alkyl halides is 4. The Kier molecular flexibility index (Phi) is 8.56. The predicted molar refractivity (Wildman–Crippen MR) is 160 cm³/mol. The van der Waals surface area contributed by atoms with Crippen LogP contribution in [0.25, 0.3) is 0 Å². The van der Waals surface area contributed by atoms with Gasteiger partial charge in [0.2, 0.25) is 5.54 Å². The molecule has 1 N–H and O–H groups in total. The van der Waals surface area contributed by atoms with E-state index >= 15 is 9.18 Å². The number of likely N-dealkylation sites (N-methyl/N-ethyl adjacent to an activating group) is 2. The minimum Gasteiger partial charge on any atom is -0.497 e. The normalized spacial score (nSPS) is 24.1. The molecule has 2 heterocycles. The monoisotopic (exact) mass is 682 g/mol. The second-order valence-corrected chi connectivity index (χ2v) is 12.9. The summed E-state index contributed by atoms with van der Waals surface area (Å²) >= 11 is 0. The van der Waals surface area contributed by atoms with Crippen molar-refractivity contribution in [2.75, 3.05) is 46.3 Å². The maximum absolute atomic E-state index is 15.6. The number of nitrogens with one attached hydrogen (secondary N) is 1. The van der Waals surface area contributed by atoms with E-state index in [-0.39, 0.29) is 40.5 Å². The Balaban J connectivity index is 1.93. The third-order valence-electron chi connectivity index (χ3n) is 8.75. The van der Waals surface area contributed by atoms with Crippen LogP contribution in [-0.2, 0) is 25.2 Å². The van der Waals surface area contributed by atoms with Crippen LogP contribution in [0.1, 0.15) is 17.5 Å². The topological polar surface area (TPSA) is 120 Å². The van der Waals surface area contributed by atoms with Crippen molar-refractivity contribution in [2.45, 2.75) is 35.4 Å². The molecule has 2 aliphatic rings. The number of likely N-dealkylation sites (tertiary alicyclic amines) is 1. The SMILES string of the molecule is CNC(=O)[C@@H]1C[C@@H](F)C[N+]1(C)C1(c2ccccc2OC)C(=O)N(S(=O)(=O)c2ccc(OC)cc2OC)c2ccc(OC(F)(F)F)cc21. The molecule has 2 amide bonds.